The van der Waals surface area contributed by atoms with E-state index in [-0.39, 0.29) is 35.7 Å². The van der Waals surface area contributed by atoms with Gasteiger partial charge in [-0.15, -0.1) is 0 Å². The Bertz CT molecular complexity index is 1400. The Balaban J connectivity index is 1.25. The molecule has 0 saturated heterocycles. The Hall–Kier alpha value is -2.92. The molecule has 0 radical (unpaired) electrons. The monoisotopic (exact) mass is 626 g/mol. The fourth-order valence-electron chi connectivity index (χ4n) is 10.4. The van der Waals surface area contributed by atoms with E-state index in [2.05, 4.69) is 40.7 Å². The van der Waals surface area contributed by atoms with E-state index in [9.17, 15) is 14.7 Å². The Morgan fingerprint density at radius 1 is 0.848 bits per heavy atom. The molecule has 5 nitrogen and oxygen atoms in total. The van der Waals surface area contributed by atoms with Crippen LogP contribution in [0.4, 0.5) is 0 Å². The van der Waals surface area contributed by atoms with Crippen molar-refractivity contribution in [2.75, 3.05) is 0 Å². The van der Waals surface area contributed by atoms with Crippen LogP contribution in [0.1, 0.15) is 113 Å². The van der Waals surface area contributed by atoms with Crippen molar-refractivity contribution in [3.63, 3.8) is 0 Å². The quantitative estimate of drug-likeness (QED) is 0.222. The van der Waals surface area contributed by atoms with Gasteiger partial charge < -0.3 is 14.6 Å². The summed E-state index contributed by atoms with van der Waals surface area (Å²) >= 11 is 0. The minimum atomic E-state index is -0.375. The highest BCUT2D eigenvalue weighted by molar-refractivity contribution is 5.90. The average Bonchev–Trinajstić information content (AvgIpc) is 3.42. The fourth-order valence-corrected chi connectivity index (χ4v) is 10.4. The number of carbonyl (C=O) groups excluding carboxylic acids is 2. The van der Waals surface area contributed by atoms with Crippen LogP contribution >= 0.6 is 0 Å². The van der Waals surface area contributed by atoms with Crippen molar-refractivity contribution in [3.05, 3.63) is 83.4 Å². The molecule has 0 heterocycles. The molecule has 0 spiro atoms. The highest BCUT2D eigenvalue weighted by Gasteiger charge is 2.62. The summed E-state index contributed by atoms with van der Waals surface area (Å²) in [5, 5.41) is 10.5. The molecule has 4 aliphatic rings. The standard InChI is InChI=1S/C41H54O5/c1-26(2)36(42)21-16-27(3)33-19-20-34-32-18-17-30-24-31(45-38(43)28-12-8-6-9-13-28)25-37(46-39(44)29-14-10-7-11-15-29)41(30,5)35(32)22-23-40(33,34)4/h6-15,17,26-27,31-37,42H,16,18-25H2,1-5H3/t27-,31-,32+,33-,34+,35+,36?,37+,40-,41+/m1/s1. The van der Waals surface area contributed by atoms with Crippen LogP contribution in [0, 0.1) is 46.3 Å². The molecule has 0 amide bonds. The summed E-state index contributed by atoms with van der Waals surface area (Å²) in [6, 6.07) is 18.4. The molecule has 4 aliphatic carbocycles. The molecule has 1 N–H and O–H groups in total. The SMILES string of the molecule is CC(C)C(O)CC[C@@H](C)[C@H]1CC[C@H]2[C@@H]3CC=C4C[C@@H](OC(=O)c5ccccc5)C[C@H](OC(=O)c5ccccc5)[C@]4(C)[C@H]3CC[C@]12C. The Morgan fingerprint density at radius 2 is 1.48 bits per heavy atom. The van der Waals surface area contributed by atoms with Gasteiger partial charge in [0.1, 0.15) is 12.2 Å². The first-order valence-corrected chi connectivity index (χ1v) is 17.9. The lowest BCUT2D eigenvalue weighted by Gasteiger charge is -2.60. The summed E-state index contributed by atoms with van der Waals surface area (Å²) in [5.41, 5.74) is 2.39. The zero-order valence-corrected chi connectivity index (χ0v) is 28.5. The third-order valence-corrected chi connectivity index (χ3v) is 13.1. The molecule has 6 rings (SSSR count). The van der Waals surface area contributed by atoms with Gasteiger partial charge in [-0.25, -0.2) is 9.59 Å². The number of aliphatic hydroxyl groups excluding tert-OH is 1. The largest absolute Gasteiger partial charge is 0.458 e. The highest BCUT2D eigenvalue weighted by Crippen LogP contribution is 2.67. The molecule has 2 aromatic carbocycles. The normalized spacial score (nSPS) is 34.8. The van der Waals surface area contributed by atoms with Crippen LogP contribution in [-0.4, -0.2) is 35.4 Å². The number of hydrogen-bond acceptors (Lipinski definition) is 5. The lowest BCUT2D eigenvalue weighted by molar-refractivity contribution is -0.114. The van der Waals surface area contributed by atoms with E-state index in [1.165, 1.54) is 24.8 Å². The second-order valence-electron chi connectivity index (χ2n) is 15.8. The lowest BCUT2D eigenvalue weighted by atomic mass is 9.46. The summed E-state index contributed by atoms with van der Waals surface area (Å²) < 4.78 is 12.6. The molecule has 5 heteroatoms. The molecule has 46 heavy (non-hydrogen) atoms. The number of ether oxygens (including phenoxy) is 2. The zero-order valence-electron chi connectivity index (χ0n) is 28.5. The van der Waals surface area contributed by atoms with Gasteiger partial charge in [-0.05, 0) is 110 Å². The Morgan fingerprint density at radius 3 is 2.11 bits per heavy atom. The number of allylic oxidation sites excluding steroid dienone is 1. The molecule has 3 saturated carbocycles. The van der Waals surface area contributed by atoms with E-state index < -0.39 is 0 Å². The van der Waals surface area contributed by atoms with Crippen molar-refractivity contribution in [2.45, 2.75) is 111 Å². The van der Waals surface area contributed by atoms with Gasteiger partial charge in [0.2, 0.25) is 0 Å². The second-order valence-corrected chi connectivity index (χ2v) is 15.8. The molecule has 1 unspecified atom stereocenters. The number of esters is 2. The van der Waals surface area contributed by atoms with Gasteiger partial charge in [-0.1, -0.05) is 82.7 Å². The van der Waals surface area contributed by atoms with Crippen LogP contribution in [0.2, 0.25) is 0 Å². The second kappa shape index (κ2) is 13.3. The van der Waals surface area contributed by atoms with Gasteiger partial charge in [0.15, 0.2) is 0 Å². The van der Waals surface area contributed by atoms with E-state index in [0.717, 1.165) is 25.7 Å². The van der Waals surface area contributed by atoms with Crippen LogP contribution in [-0.2, 0) is 9.47 Å². The maximum Gasteiger partial charge on any atom is 0.338 e. The first kappa shape index (κ1) is 33.0. The molecule has 0 aromatic heterocycles. The van der Waals surface area contributed by atoms with Crippen LogP contribution in [0.15, 0.2) is 72.3 Å². The van der Waals surface area contributed by atoms with Gasteiger partial charge in [0.05, 0.1) is 17.2 Å². The van der Waals surface area contributed by atoms with Crippen LogP contribution in [0.5, 0.6) is 0 Å². The summed E-state index contributed by atoms with van der Waals surface area (Å²) in [7, 11) is 0. The topological polar surface area (TPSA) is 72.8 Å². The number of fused-ring (bicyclic) bond motifs is 5. The van der Waals surface area contributed by atoms with E-state index in [1.807, 2.05) is 48.5 Å². The zero-order chi connectivity index (χ0) is 32.6. The van der Waals surface area contributed by atoms with Crippen molar-refractivity contribution in [1.82, 2.24) is 0 Å². The van der Waals surface area contributed by atoms with Crippen molar-refractivity contribution < 1.29 is 24.2 Å². The Labute approximate surface area is 276 Å². The van der Waals surface area contributed by atoms with E-state index in [1.54, 1.807) is 12.1 Å². The maximum atomic E-state index is 13.6. The minimum absolute atomic E-state index is 0.220. The minimum Gasteiger partial charge on any atom is -0.458 e. The number of hydrogen-bond donors (Lipinski definition) is 1. The van der Waals surface area contributed by atoms with Crippen LogP contribution < -0.4 is 0 Å². The predicted molar refractivity (Wildman–Crippen MR) is 181 cm³/mol. The van der Waals surface area contributed by atoms with E-state index >= 15 is 0 Å². The van der Waals surface area contributed by atoms with Crippen molar-refractivity contribution in [3.8, 4) is 0 Å². The molecule has 248 valence electrons. The molecule has 10 atom stereocenters. The molecule has 0 aliphatic heterocycles. The maximum absolute atomic E-state index is 13.6. The van der Waals surface area contributed by atoms with Gasteiger partial charge in [-0.3, -0.25) is 0 Å². The Kier molecular flexibility index (Phi) is 9.54. The molecule has 2 aromatic rings. The number of rotatable bonds is 9. The molecular formula is C41H54O5. The van der Waals surface area contributed by atoms with Crippen molar-refractivity contribution in [2.24, 2.45) is 46.3 Å². The first-order valence-electron chi connectivity index (χ1n) is 17.9. The molecule has 3 fully saturated rings. The van der Waals surface area contributed by atoms with Crippen LogP contribution in [0.25, 0.3) is 0 Å². The van der Waals surface area contributed by atoms with E-state index in [0.29, 0.717) is 64.9 Å². The van der Waals surface area contributed by atoms with Gasteiger partial charge in [-0.2, -0.15) is 0 Å². The van der Waals surface area contributed by atoms with Crippen LogP contribution in [0.3, 0.4) is 0 Å². The van der Waals surface area contributed by atoms with E-state index in [4.69, 9.17) is 9.47 Å². The van der Waals surface area contributed by atoms with Crippen molar-refractivity contribution in [1.29, 1.82) is 0 Å². The smallest absolute Gasteiger partial charge is 0.338 e. The number of aliphatic hydroxyl groups is 1. The molecular weight excluding hydrogens is 572 g/mol. The highest BCUT2D eigenvalue weighted by atomic mass is 16.6. The summed E-state index contributed by atoms with van der Waals surface area (Å²) in [6.07, 6.45) is 10.5. The summed E-state index contributed by atoms with van der Waals surface area (Å²) in [6.45, 7) is 11.6. The van der Waals surface area contributed by atoms with Crippen molar-refractivity contribution >= 4 is 11.9 Å². The first-order chi connectivity index (χ1) is 22.0. The number of benzene rings is 2. The fraction of sp³-hybridized carbons (Fsp3) is 0.610. The third kappa shape index (κ3) is 6.09. The summed E-state index contributed by atoms with van der Waals surface area (Å²) in [4.78, 5) is 26.7. The van der Waals surface area contributed by atoms with Gasteiger partial charge in [0.25, 0.3) is 0 Å². The van der Waals surface area contributed by atoms with Gasteiger partial charge in [0, 0.05) is 18.3 Å². The lowest BCUT2D eigenvalue weighted by Crippen LogP contribution is -2.57. The summed E-state index contributed by atoms with van der Waals surface area (Å²) in [5.74, 6) is 2.56. The molecule has 0 bridgehead atoms. The third-order valence-electron chi connectivity index (χ3n) is 13.1. The average molecular weight is 627 g/mol. The van der Waals surface area contributed by atoms with Gasteiger partial charge >= 0.3 is 11.9 Å². The number of carbonyl (C=O) groups is 2. The predicted octanol–water partition coefficient (Wildman–Crippen LogP) is 9.06.